The summed E-state index contributed by atoms with van der Waals surface area (Å²) in [5, 5.41) is 0.675. The molecule has 0 amide bonds. The zero-order valence-electron chi connectivity index (χ0n) is 10.1. The summed E-state index contributed by atoms with van der Waals surface area (Å²) in [5.41, 5.74) is 1.05. The van der Waals surface area contributed by atoms with Crippen LogP contribution in [0, 0.1) is 0 Å². The van der Waals surface area contributed by atoms with E-state index in [2.05, 4.69) is 4.98 Å². The summed E-state index contributed by atoms with van der Waals surface area (Å²) < 4.78 is 9.78. The fourth-order valence-corrected chi connectivity index (χ4v) is 1.73. The van der Waals surface area contributed by atoms with Crippen LogP contribution in [0.1, 0.15) is 17.3 Å². The van der Waals surface area contributed by atoms with Crippen LogP contribution in [-0.4, -0.2) is 30.5 Å². The van der Waals surface area contributed by atoms with Gasteiger partial charge in [-0.05, 0) is 19.1 Å². The van der Waals surface area contributed by atoms with E-state index in [-0.39, 0.29) is 6.61 Å². The lowest BCUT2D eigenvalue weighted by atomic mass is 10.1. The van der Waals surface area contributed by atoms with Crippen LogP contribution < -0.4 is 4.74 Å². The van der Waals surface area contributed by atoms with Crippen LogP contribution in [0.5, 0.6) is 5.75 Å². The second kappa shape index (κ2) is 4.91. The lowest BCUT2D eigenvalue weighted by Gasteiger charge is -2.01. The first-order chi connectivity index (χ1) is 8.67. The van der Waals surface area contributed by atoms with Crippen molar-refractivity contribution in [2.75, 3.05) is 13.7 Å². The van der Waals surface area contributed by atoms with E-state index in [1.165, 1.54) is 6.20 Å². The molecule has 0 fully saturated rings. The van der Waals surface area contributed by atoms with Gasteiger partial charge in [0.05, 0.1) is 19.3 Å². The molecule has 1 aromatic heterocycles. The maximum atomic E-state index is 11.8. The topological polar surface area (TPSA) is 68.4 Å². The summed E-state index contributed by atoms with van der Waals surface area (Å²) in [4.78, 5) is 26.2. The lowest BCUT2D eigenvalue weighted by Crippen LogP contribution is -2.17. The van der Waals surface area contributed by atoms with E-state index in [1.807, 2.05) is 0 Å². The fraction of sp³-hybridized carbons (Fsp3) is 0.231. The number of fused-ring (bicyclic) bond motifs is 1. The number of carbonyl (C=O) groups excluding carboxylic acids is 2. The molecule has 2 rings (SSSR count). The second-order valence-electron chi connectivity index (χ2n) is 3.66. The van der Waals surface area contributed by atoms with Gasteiger partial charge in [-0.15, -0.1) is 0 Å². The number of nitrogens with one attached hydrogen (secondary N) is 1. The number of ether oxygens (including phenoxy) is 2. The number of ketones is 1. The third kappa shape index (κ3) is 2.07. The van der Waals surface area contributed by atoms with E-state index in [4.69, 9.17) is 9.47 Å². The molecule has 0 spiro atoms. The molecule has 0 unspecified atom stereocenters. The van der Waals surface area contributed by atoms with Gasteiger partial charge >= 0.3 is 5.97 Å². The monoisotopic (exact) mass is 247 g/mol. The summed E-state index contributed by atoms with van der Waals surface area (Å²) in [6, 6.07) is 5.23. The molecule has 1 N–H and O–H groups in total. The Bertz CT molecular complexity index is 600. The molecule has 94 valence electrons. The van der Waals surface area contributed by atoms with Gasteiger partial charge in [-0.25, -0.2) is 4.79 Å². The SMILES string of the molecule is CCOC(=O)C(=O)c1c[nH]c2cc(OC)ccc12. The number of carbonyl (C=O) groups is 2. The van der Waals surface area contributed by atoms with Crippen molar-refractivity contribution in [2.24, 2.45) is 0 Å². The van der Waals surface area contributed by atoms with Crippen molar-refractivity contribution in [3.05, 3.63) is 30.0 Å². The molecular formula is C13H13NO4. The third-order valence-corrected chi connectivity index (χ3v) is 2.59. The Labute approximate surface area is 104 Å². The molecule has 0 atom stereocenters. The fourth-order valence-electron chi connectivity index (χ4n) is 1.73. The molecule has 0 aliphatic rings. The largest absolute Gasteiger partial charge is 0.497 e. The van der Waals surface area contributed by atoms with Crippen molar-refractivity contribution < 1.29 is 19.1 Å². The molecular weight excluding hydrogens is 234 g/mol. The number of hydrogen-bond donors (Lipinski definition) is 1. The quantitative estimate of drug-likeness (QED) is 0.509. The van der Waals surface area contributed by atoms with Crippen LogP contribution in [-0.2, 0) is 9.53 Å². The average Bonchev–Trinajstić information content (AvgIpc) is 2.80. The molecule has 0 bridgehead atoms. The predicted octanol–water partition coefficient (Wildman–Crippen LogP) is 1.92. The summed E-state index contributed by atoms with van der Waals surface area (Å²) in [6.07, 6.45) is 1.50. The molecule has 5 nitrogen and oxygen atoms in total. The summed E-state index contributed by atoms with van der Waals surface area (Å²) in [5.74, 6) is -0.804. The van der Waals surface area contributed by atoms with Gasteiger partial charge in [0.25, 0.3) is 5.78 Å². The van der Waals surface area contributed by atoms with Gasteiger partial charge < -0.3 is 14.5 Å². The lowest BCUT2D eigenvalue weighted by molar-refractivity contribution is -0.137. The van der Waals surface area contributed by atoms with Crippen LogP contribution in [0.4, 0.5) is 0 Å². The number of H-pyrrole nitrogens is 1. The van der Waals surface area contributed by atoms with Crippen LogP contribution >= 0.6 is 0 Å². The third-order valence-electron chi connectivity index (χ3n) is 2.59. The maximum absolute atomic E-state index is 11.8. The van der Waals surface area contributed by atoms with Crippen LogP contribution in [0.2, 0.25) is 0 Å². The van der Waals surface area contributed by atoms with Gasteiger partial charge in [0.1, 0.15) is 5.75 Å². The summed E-state index contributed by atoms with van der Waals surface area (Å²) >= 11 is 0. The minimum atomic E-state index is -0.839. The molecule has 0 aliphatic carbocycles. The van der Waals surface area contributed by atoms with Crippen molar-refractivity contribution in [2.45, 2.75) is 6.92 Å². The highest BCUT2D eigenvalue weighted by molar-refractivity contribution is 6.42. The molecule has 0 saturated carbocycles. The normalized spacial score (nSPS) is 10.3. The van der Waals surface area contributed by atoms with Crippen molar-refractivity contribution >= 4 is 22.7 Å². The standard InChI is InChI=1S/C13H13NO4/c1-3-18-13(16)12(15)10-7-14-11-6-8(17-2)4-5-9(10)11/h4-7,14H,3H2,1-2H3. The summed E-state index contributed by atoms with van der Waals surface area (Å²) in [6.45, 7) is 1.84. The van der Waals surface area contributed by atoms with Gasteiger partial charge in [-0.1, -0.05) is 0 Å². The minimum absolute atomic E-state index is 0.181. The number of aromatic nitrogens is 1. The Kier molecular flexibility index (Phi) is 3.32. The Hall–Kier alpha value is -2.30. The van der Waals surface area contributed by atoms with Gasteiger partial charge in [0.15, 0.2) is 0 Å². The molecule has 18 heavy (non-hydrogen) atoms. The van der Waals surface area contributed by atoms with E-state index in [1.54, 1.807) is 32.2 Å². The van der Waals surface area contributed by atoms with E-state index in [0.717, 1.165) is 5.52 Å². The second-order valence-corrected chi connectivity index (χ2v) is 3.66. The minimum Gasteiger partial charge on any atom is -0.497 e. The number of hydrogen-bond acceptors (Lipinski definition) is 4. The molecule has 1 aromatic carbocycles. The van der Waals surface area contributed by atoms with Crippen molar-refractivity contribution in [1.82, 2.24) is 4.98 Å². The van der Waals surface area contributed by atoms with Crippen molar-refractivity contribution in [3.63, 3.8) is 0 Å². The molecule has 0 saturated heterocycles. The highest BCUT2D eigenvalue weighted by atomic mass is 16.5. The van der Waals surface area contributed by atoms with Gasteiger partial charge in [0.2, 0.25) is 0 Å². The number of esters is 1. The van der Waals surface area contributed by atoms with Gasteiger partial charge in [-0.3, -0.25) is 4.79 Å². The average molecular weight is 247 g/mol. The van der Waals surface area contributed by atoms with Crippen molar-refractivity contribution in [3.8, 4) is 5.75 Å². The Morgan fingerprint density at radius 1 is 1.33 bits per heavy atom. The number of rotatable bonds is 4. The first-order valence-electron chi connectivity index (χ1n) is 5.54. The molecule has 0 radical (unpaired) electrons. The highest BCUT2D eigenvalue weighted by Gasteiger charge is 2.21. The molecule has 2 aromatic rings. The van der Waals surface area contributed by atoms with Crippen LogP contribution in [0.3, 0.4) is 0 Å². The Morgan fingerprint density at radius 3 is 2.78 bits per heavy atom. The van der Waals surface area contributed by atoms with E-state index < -0.39 is 11.8 Å². The number of aromatic amines is 1. The van der Waals surface area contributed by atoms with E-state index in [9.17, 15) is 9.59 Å². The van der Waals surface area contributed by atoms with E-state index in [0.29, 0.717) is 16.7 Å². The number of methoxy groups -OCH3 is 1. The first-order valence-corrected chi connectivity index (χ1v) is 5.54. The zero-order valence-corrected chi connectivity index (χ0v) is 10.1. The van der Waals surface area contributed by atoms with Gasteiger partial charge in [0, 0.05) is 23.2 Å². The smallest absolute Gasteiger partial charge is 0.379 e. The maximum Gasteiger partial charge on any atom is 0.379 e. The number of Topliss-reactive ketones (excluding diaryl/α,β-unsaturated/α-hetero) is 1. The van der Waals surface area contributed by atoms with Crippen LogP contribution in [0.15, 0.2) is 24.4 Å². The van der Waals surface area contributed by atoms with E-state index >= 15 is 0 Å². The molecule has 5 heteroatoms. The Morgan fingerprint density at radius 2 is 2.11 bits per heavy atom. The zero-order chi connectivity index (χ0) is 13.1. The molecule has 0 aliphatic heterocycles. The van der Waals surface area contributed by atoms with Gasteiger partial charge in [-0.2, -0.15) is 0 Å². The Balaban J connectivity index is 2.40. The summed E-state index contributed by atoms with van der Waals surface area (Å²) in [7, 11) is 1.56. The predicted molar refractivity (Wildman–Crippen MR) is 65.8 cm³/mol. The van der Waals surface area contributed by atoms with Crippen molar-refractivity contribution in [1.29, 1.82) is 0 Å². The number of benzene rings is 1. The highest BCUT2D eigenvalue weighted by Crippen LogP contribution is 2.23. The first kappa shape index (κ1) is 12.2. The van der Waals surface area contributed by atoms with Crippen LogP contribution in [0.25, 0.3) is 10.9 Å². The molecule has 1 heterocycles.